The van der Waals surface area contributed by atoms with E-state index < -0.39 is 0 Å². The first-order valence-corrected chi connectivity index (χ1v) is 16.1. The van der Waals surface area contributed by atoms with Crippen molar-refractivity contribution in [3.05, 3.63) is 0 Å². The first-order valence-electron chi connectivity index (χ1n) is 16.1. The van der Waals surface area contributed by atoms with Crippen LogP contribution in [0.1, 0.15) is 90.4 Å². The molecule has 0 atom stereocenters. The lowest BCUT2D eigenvalue weighted by Gasteiger charge is -2.08. The van der Waals surface area contributed by atoms with E-state index in [9.17, 15) is 0 Å². The molecule has 0 radical (unpaired) electrons. The van der Waals surface area contributed by atoms with Crippen LogP contribution in [0, 0.1) is 0 Å². The molecule has 0 unspecified atom stereocenters. The molecule has 242 valence electrons. The average molecular weight is 581 g/mol. The summed E-state index contributed by atoms with van der Waals surface area (Å²) >= 11 is 0. The van der Waals surface area contributed by atoms with E-state index in [-0.39, 0.29) is 6.61 Å². The van der Waals surface area contributed by atoms with E-state index in [0.717, 1.165) is 13.0 Å². The summed E-state index contributed by atoms with van der Waals surface area (Å²) in [5.41, 5.74) is 0. The highest BCUT2D eigenvalue weighted by Crippen LogP contribution is 2.12. The molecule has 0 saturated heterocycles. The lowest BCUT2D eigenvalue weighted by molar-refractivity contribution is -0.0238. The third-order valence-corrected chi connectivity index (χ3v) is 6.23. The standard InChI is InChI=1S/C31H64O9/c1-2-3-4-5-6-7-8-9-10-11-12-13-14-16-33-18-20-35-22-24-37-26-28-39-30-31-40-29-27-38-25-23-36-21-19-34-17-15-32/h32H,2-31H2,1H3. The van der Waals surface area contributed by atoms with Gasteiger partial charge < -0.3 is 43.0 Å². The first kappa shape index (κ1) is 39.6. The summed E-state index contributed by atoms with van der Waals surface area (Å²) in [6, 6.07) is 0. The SMILES string of the molecule is CCCCCCCCCCCCCCCOCCOCCOCCOCCOCCOCCOCCOCCO. The van der Waals surface area contributed by atoms with Gasteiger partial charge in [0.1, 0.15) is 0 Å². The van der Waals surface area contributed by atoms with Crippen LogP contribution in [0.3, 0.4) is 0 Å². The summed E-state index contributed by atoms with van der Waals surface area (Å²) in [6.07, 6.45) is 17.8. The fourth-order valence-electron chi connectivity index (χ4n) is 3.93. The van der Waals surface area contributed by atoms with Crippen molar-refractivity contribution in [3.63, 3.8) is 0 Å². The largest absolute Gasteiger partial charge is 0.394 e. The van der Waals surface area contributed by atoms with E-state index in [1.807, 2.05) is 0 Å². The predicted octanol–water partition coefficient (Wildman–Crippen LogP) is 5.20. The Labute approximate surface area is 245 Å². The zero-order chi connectivity index (χ0) is 28.9. The molecule has 9 heteroatoms. The quantitative estimate of drug-likeness (QED) is 0.0995. The molecule has 40 heavy (non-hydrogen) atoms. The third kappa shape index (κ3) is 37.6. The number of ether oxygens (including phenoxy) is 8. The summed E-state index contributed by atoms with van der Waals surface area (Å²) in [7, 11) is 0. The molecule has 0 aromatic heterocycles. The van der Waals surface area contributed by atoms with Gasteiger partial charge in [-0.05, 0) is 6.42 Å². The van der Waals surface area contributed by atoms with Gasteiger partial charge in [0.2, 0.25) is 0 Å². The van der Waals surface area contributed by atoms with Gasteiger partial charge in [-0.1, -0.05) is 84.0 Å². The summed E-state index contributed by atoms with van der Waals surface area (Å²) in [4.78, 5) is 0. The Morgan fingerprint density at radius 3 is 0.775 bits per heavy atom. The normalized spacial score (nSPS) is 11.6. The molecule has 9 nitrogen and oxygen atoms in total. The van der Waals surface area contributed by atoms with Crippen LogP contribution in [0.4, 0.5) is 0 Å². The summed E-state index contributed by atoms with van der Waals surface area (Å²) in [6.45, 7) is 11.1. The van der Waals surface area contributed by atoms with Crippen LogP contribution < -0.4 is 0 Å². The van der Waals surface area contributed by atoms with Crippen LogP contribution >= 0.6 is 0 Å². The smallest absolute Gasteiger partial charge is 0.0701 e. The maximum Gasteiger partial charge on any atom is 0.0701 e. The highest BCUT2D eigenvalue weighted by atomic mass is 16.6. The molecule has 1 N–H and O–H groups in total. The van der Waals surface area contributed by atoms with Gasteiger partial charge in [0, 0.05) is 6.61 Å². The average Bonchev–Trinajstić information content (AvgIpc) is 2.97. The van der Waals surface area contributed by atoms with Gasteiger partial charge in [-0.3, -0.25) is 0 Å². The van der Waals surface area contributed by atoms with E-state index in [0.29, 0.717) is 99.1 Å². The molecule has 0 amide bonds. The molecule has 0 saturated carbocycles. The van der Waals surface area contributed by atoms with Crippen LogP contribution in [0.5, 0.6) is 0 Å². The van der Waals surface area contributed by atoms with E-state index in [4.69, 9.17) is 43.0 Å². The third-order valence-electron chi connectivity index (χ3n) is 6.23. The number of hydrogen-bond donors (Lipinski definition) is 1. The van der Waals surface area contributed by atoms with E-state index >= 15 is 0 Å². The minimum Gasteiger partial charge on any atom is -0.394 e. The monoisotopic (exact) mass is 580 g/mol. The van der Waals surface area contributed by atoms with E-state index in [1.54, 1.807) is 0 Å². The Morgan fingerprint density at radius 1 is 0.275 bits per heavy atom. The van der Waals surface area contributed by atoms with Crippen molar-refractivity contribution in [2.45, 2.75) is 90.4 Å². The van der Waals surface area contributed by atoms with Gasteiger partial charge in [0.25, 0.3) is 0 Å². The minimum absolute atomic E-state index is 0.0352. The van der Waals surface area contributed by atoms with Gasteiger partial charge in [-0.25, -0.2) is 0 Å². The van der Waals surface area contributed by atoms with E-state index in [2.05, 4.69) is 6.92 Å². The van der Waals surface area contributed by atoms with E-state index in [1.165, 1.54) is 77.0 Å². The summed E-state index contributed by atoms with van der Waals surface area (Å²) in [5, 5.41) is 8.57. The zero-order valence-electron chi connectivity index (χ0n) is 25.9. The van der Waals surface area contributed by atoms with Crippen molar-refractivity contribution in [1.82, 2.24) is 0 Å². The van der Waals surface area contributed by atoms with Gasteiger partial charge in [0.15, 0.2) is 0 Å². The topological polar surface area (TPSA) is 94.1 Å². The van der Waals surface area contributed by atoms with Crippen molar-refractivity contribution in [2.75, 3.05) is 112 Å². The number of rotatable bonds is 37. The highest BCUT2D eigenvalue weighted by Gasteiger charge is 1.97. The molecule has 0 spiro atoms. The van der Waals surface area contributed by atoms with Gasteiger partial charge in [-0.15, -0.1) is 0 Å². The molecule has 0 aliphatic heterocycles. The Balaban J connectivity index is 3.01. The van der Waals surface area contributed by atoms with Crippen LogP contribution in [-0.2, 0) is 37.9 Å². The summed E-state index contributed by atoms with van der Waals surface area (Å²) in [5.74, 6) is 0. The Kier molecular flexibility index (Phi) is 38.3. The Bertz CT molecular complexity index is 392. The number of aliphatic hydroxyl groups is 1. The first-order chi connectivity index (χ1) is 19.9. The maximum atomic E-state index is 8.57. The second-order valence-electron chi connectivity index (χ2n) is 9.87. The molecule has 0 rings (SSSR count). The van der Waals surface area contributed by atoms with Crippen LogP contribution in [0.25, 0.3) is 0 Å². The van der Waals surface area contributed by atoms with Crippen molar-refractivity contribution in [1.29, 1.82) is 0 Å². The predicted molar refractivity (Wildman–Crippen MR) is 159 cm³/mol. The van der Waals surface area contributed by atoms with Crippen molar-refractivity contribution in [2.24, 2.45) is 0 Å². The van der Waals surface area contributed by atoms with Gasteiger partial charge in [-0.2, -0.15) is 0 Å². The van der Waals surface area contributed by atoms with Crippen LogP contribution in [0.15, 0.2) is 0 Å². The molecule has 0 aliphatic rings. The number of aliphatic hydroxyl groups excluding tert-OH is 1. The molecule has 0 aliphatic carbocycles. The van der Waals surface area contributed by atoms with Gasteiger partial charge >= 0.3 is 0 Å². The second-order valence-corrected chi connectivity index (χ2v) is 9.87. The zero-order valence-corrected chi connectivity index (χ0v) is 25.9. The van der Waals surface area contributed by atoms with Crippen molar-refractivity contribution >= 4 is 0 Å². The van der Waals surface area contributed by atoms with Gasteiger partial charge in [0.05, 0.1) is 106 Å². The van der Waals surface area contributed by atoms with Crippen molar-refractivity contribution < 1.29 is 43.0 Å². The molecule has 0 heterocycles. The molecule has 0 fully saturated rings. The minimum atomic E-state index is 0.0352. The summed E-state index contributed by atoms with van der Waals surface area (Å²) < 4.78 is 43.5. The molecule has 0 bridgehead atoms. The fraction of sp³-hybridized carbons (Fsp3) is 1.00. The Hall–Kier alpha value is -0.360. The molecular weight excluding hydrogens is 516 g/mol. The molecule has 0 aromatic rings. The molecule has 0 aromatic carbocycles. The number of unbranched alkanes of at least 4 members (excludes halogenated alkanes) is 12. The molecular formula is C31H64O9. The second kappa shape index (κ2) is 38.6. The fourth-order valence-corrected chi connectivity index (χ4v) is 3.93. The van der Waals surface area contributed by atoms with Crippen LogP contribution in [-0.4, -0.2) is 117 Å². The maximum absolute atomic E-state index is 8.57. The Morgan fingerprint density at radius 2 is 0.500 bits per heavy atom. The lowest BCUT2D eigenvalue weighted by Crippen LogP contribution is -2.15. The number of hydrogen-bond acceptors (Lipinski definition) is 9. The van der Waals surface area contributed by atoms with Crippen molar-refractivity contribution in [3.8, 4) is 0 Å². The van der Waals surface area contributed by atoms with Crippen LogP contribution in [0.2, 0.25) is 0 Å². The lowest BCUT2D eigenvalue weighted by atomic mass is 10.0. The highest BCUT2D eigenvalue weighted by molar-refractivity contribution is 4.49.